The number of benzene rings is 3. The molecule has 0 saturated heterocycles. The van der Waals surface area contributed by atoms with E-state index in [1.807, 2.05) is 13.0 Å². The number of rotatable bonds is 9. The van der Waals surface area contributed by atoms with Crippen molar-refractivity contribution >= 4 is 51.2 Å². The minimum atomic E-state index is -0.369. The molecule has 2 amide bonds. The molecule has 0 heterocycles. The highest BCUT2D eigenvalue weighted by Gasteiger charge is 2.14. The molecule has 0 aliphatic carbocycles. The number of hydrogen-bond acceptors (Lipinski definition) is 5. The molecular formula is C24H21BrClN3O4. The van der Waals surface area contributed by atoms with Gasteiger partial charge >= 0.3 is 0 Å². The van der Waals surface area contributed by atoms with Gasteiger partial charge in [-0.1, -0.05) is 41.9 Å². The second-order valence-corrected chi connectivity index (χ2v) is 7.91. The van der Waals surface area contributed by atoms with Gasteiger partial charge in [0, 0.05) is 5.56 Å². The van der Waals surface area contributed by atoms with Crippen LogP contribution in [-0.4, -0.2) is 31.2 Å². The van der Waals surface area contributed by atoms with E-state index in [9.17, 15) is 9.59 Å². The normalized spacial score (nSPS) is 10.6. The lowest BCUT2D eigenvalue weighted by Crippen LogP contribution is -2.20. The number of amides is 2. The molecular weight excluding hydrogens is 510 g/mol. The van der Waals surface area contributed by atoms with Crippen LogP contribution in [-0.2, 0) is 4.79 Å². The van der Waals surface area contributed by atoms with Crippen molar-refractivity contribution in [1.29, 1.82) is 0 Å². The summed E-state index contributed by atoms with van der Waals surface area (Å²) >= 11 is 9.52. The molecule has 170 valence electrons. The first-order chi connectivity index (χ1) is 16.0. The average Bonchev–Trinajstić information content (AvgIpc) is 2.81. The maximum absolute atomic E-state index is 12.3. The molecule has 33 heavy (non-hydrogen) atoms. The van der Waals surface area contributed by atoms with E-state index in [2.05, 4.69) is 31.8 Å². The van der Waals surface area contributed by atoms with Crippen LogP contribution in [0.3, 0.4) is 0 Å². The second-order valence-electron chi connectivity index (χ2n) is 6.64. The SMILES string of the molecule is CCOc1cc(/C=N/NC(=O)c2ccccc2)cc(Br)c1OCC(=O)Nc1ccccc1Cl. The van der Waals surface area contributed by atoms with Gasteiger partial charge in [0.1, 0.15) is 0 Å². The zero-order valence-electron chi connectivity index (χ0n) is 17.7. The standard InChI is InChI=1S/C24H21BrClN3O4/c1-2-32-21-13-16(14-27-29-24(31)17-8-4-3-5-9-17)12-18(25)23(21)33-15-22(30)28-20-11-7-6-10-19(20)26/h3-14H,2,15H2,1H3,(H,28,30)(H,29,31)/b27-14+. The predicted octanol–water partition coefficient (Wildman–Crippen LogP) is 5.28. The van der Waals surface area contributed by atoms with E-state index in [0.29, 0.717) is 44.4 Å². The van der Waals surface area contributed by atoms with E-state index < -0.39 is 0 Å². The molecule has 9 heteroatoms. The van der Waals surface area contributed by atoms with Gasteiger partial charge in [-0.15, -0.1) is 0 Å². The van der Waals surface area contributed by atoms with Crippen LogP contribution in [0.4, 0.5) is 5.69 Å². The fraction of sp³-hybridized carbons (Fsp3) is 0.125. The Labute approximate surface area is 204 Å². The number of carbonyl (C=O) groups is 2. The Morgan fingerprint density at radius 2 is 1.79 bits per heavy atom. The number of nitrogens with one attached hydrogen (secondary N) is 2. The summed E-state index contributed by atoms with van der Waals surface area (Å²) in [7, 11) is 0. The van der Waals surface area contributed by atoms with Crippen molar-refractivity contribution in [2.24, 2.45) is 5.10 Å². The Balaban J connectivity index is 1.67. The molecule has 7 nitrogen and oxygen atoms in total. The van der Waals surface area contributed by atoms with Crippen molar-refractivity contribution in [2.75, 3.05) is 18.5 Å². The highest BCUT2D eigenvalue weighted by atomic mass is 79.9. The largest absolute Gasteiger partial charge is 0.490 e. The maximum Gasteiger partial charge on any atom is 0.271 e. The smallest absolute Gasteiger partial charge is 0.271 e. The molecule has 0 aliphatic rings. The van der Waals surface area contributed by atoms with E-state index in [0.717, 1.165) is 0 Å². The van der Waals surface area contributed by atoms with Crippen LogP contribution in [0.25, 0.3) is 0 Å². The molecule has 0 saturated carbocycles. The molecule has 0 bridgehead atoms. The highest BCUT2D eigenvalue weighted by Crippen LogP contribution is 2.36. The summed E-state index contributed by atoms with van der Waals surface area (Å²) in [6, 6.07) is 19.1. The van der Waals surface area contributed by atoms with Crippen LogP contribution >= 0.6 is 27.5 Å². The van der Waals surface area contributed by atoms with Gasteiger partial charge in [-0.05, 0) is 64.8 Å². The van der Waals surface area contributed by atoms with Gasteiger partial charge in [0.2, 0.25) is 0 Å². The van der Waals surface area contributed by atoms with Gasteiger partial charge in [0.15, 0.2) is 18.1 Å². The first kappa shape index (κ1) is 24.3. The Bertz CT molecular complexity index is 1160. The van der Waals surface area contributed by atoms with E-state index in [-0.39, 0.29) is 18.4 Å². The Hall–Kier alpha value is -3.36. The van der Waals surface area contributed by atoms with Gasteiger partial charge in [0.05, 0.1) is 28.0 Å². The fourth-order valence-corrected chi connectivity index (χ4v) is 3.53. The van der Waals surface area contributed by atoms with E-state index >= 15 is 0 Å². The molecule has 0 spiro atoms. The lowest BCUT2D eigenvalue weighted by Gasteiger charge is -2.15. The first-order valence-electron chi connectivity index (χ1n) is 10.00. The Kier molecular flexibility index (Phi) is 8.86. The fourth-order valence-electron chi connectivity index (χ4n) is 2.77. The average molecular weight is 531 g/mol. The molecule has 0 aliphatic heterocycles. The number of carbonyl (C=O) groups excluding carboxylic acids is 2. The molecule has 0 aromatic heterocycles. The minimum absolute atomic E-state index is 0.246. The number of ether oxygens (including phenoxy) is 2. The van der Waals surface area contributed by atoms with Gasteiger partial charge < -0.3 is 14.8 Å². The summed E-state index contributed by atoms with van der Waals surface area (Å²) in [5.41, 5.74) is 4.14. The van der Waals surface area contributed by atoms with Gasteiger partial charge in [-0.2, -0.15) is 5.10 Å². The predicted molar refractivity (Wildman–Crippen MR) is 132 cm³/mol. The number of para-hydroxylation sites is 1. The lowest BCUT2D eigenvalue weighted by atomic mass is 10.2. The maximum atomic E-state index is 12.3. The first-order valence-corrected chi connectivity index (χ1v) is 11.2. The molecule has 0 unspecified atom stereocenters. The number of halogens is 2. The third-order valence-electron chi connectivity index (χ3n) is 4.24. The molecule has 3 rings (SSSR count). The number of anilines is 1. The van der Waals surface area contributed by atoms with Gasteiger partial charge in [0.25, 0.3) is 11.8 Å². The third-order valence-corrected chi connectivity index (χ3v) is 5.16. The number of hydrogen-bond donors (Lipinski definition) is 2. The zero-order chi connectivity index (χ0) is 23.6. The van der Waals surface area contributed by atoms with Gasteiger partial charge in [-0.3, -0.25) is 9.59 Å². The molecule has 3 aromatic rings. The molecule has 0 radical (unpaired) electrons. The minimum Gasteiger partial charge on any atom is -0.490 e. The number of nitrogens with zero attached hydrogens (tertiary/aromatic N) is 1. The second kappa shape index (κ2) is 12.0. The van der Waals surface area contributed by atoms with Crippen LogP contribution in [0.5, 0.6) is 11.5 Å². The van der Waals surface area contributed by atoms with Crippen LogP contribution in [0.15, 0.2) is 76.3 Å². The Morgan fingerprint density at radius 3 is 2.52 bits per heavy atom. The molecule has 2 N–H and O–H groups in total. The zero-order valence-corrected chi connectivity index (χ0v) is 20.0. The third kappa shape index (κ3) is 7.06. The topological polar surface area (TPSA) is 89.0 Å². The molecule has 3 aromatic carbocycles. The van der Waals surface area contributed by atoms with E-state index in [1.165, 1.54) is 6.21 Å². The van der Waals surface area contributed by atoms with Crippen LogP contribution in [0, 0.1) is 0 Å². The number of hydrazone groups is 1. The van der Waals surface area contributed by atoms with Crippen LogP contribution < -0.4 is 20.2 Å². The highest BCUT2D eigenvalue weighted by molar-refractivity contribution is 9.10. The van der Waals surface area contributed by atoms with E-state index in [1.54, 1.807) is 60.7 Å². The summed E-state index contributed by atoms with van der Waals surface area (Å²) < 4.78 is 11.9. The summed E-state index contributed by atoms with van der Waals surface area (Å²) in [5, 5.41) is 7.14. The Morgan fingerprint density at radius 1 is 1.06 bits per heavy atom. The summed E-state index contributed by atoms with van der Waals surface area (Å²) in [4.78, 5) is 24.4. The quantitative estimate of drug-likeness (QED) is 0.291. The van der Waals surface area contributed by atoms with Crippen molar-refractivity contribution < 1.29 is 19.1 Å². The summed E-state index contributed by atoms with van der Waals surface area (Å²) in [6.45, 7) is 1.98. The molecule has 0 fully saturated rings. The van der Waals surface area contributed by atoms with E-state index in [4.69, 9.17) is 21.1 Å². The lowest BCUT2D eigenvalue weighted by molar-refractivity contribution is -0.118. The monoisotopic (exact) mass is 529 g/mol. The van der Waals surface area contributed by atoms with Crippen molar-refractivity contribution in [1.82, 2.24) is 5.43 Å². The van der Waals surface area contributed by atoms with Gasteiger partial charge in [-0.25, -0.2) is 5.43 Å². The molecule has 0 atom stereocenters. The van der Waals surface area contributed by atoms with Crippen LogP contribution in [0.2, 0.25) is 5.02 Å². The van der Waals surface area contributed by atoms with Crippen molar-refractivity contribution in [3.63, 3.8) is 0 Å². The van der Waals surface area contributed by atoms with Crippen LogP contribution in [0.1, 0.15) is 22.8 Å². The van der Waals surface area contributed by atoms with Crippen molar-refractivity contribution in [3.8, 4) is 11.5 Å². The van der Waals surface area contributed by atoms with Crippen molar-refractivity contribution in [3.05, 3.63) is 87.4 Å². The summed E-state index contributed by atoms with van der Waals surface area (Å²) in [5.74, 6) is 0.108. The van der Waals surface area contributed by atoms with Crippen molar-refractivity contribution in [2.45, 2.75) is 6.92 Å². The summed E-state index contributed by atoms with van der Waals surface area (Å²) in [6.07, 6.45) is 1.49.